The second kappa shape index (κ2) is 8.93. The van der Waals surface area contributed by atoms with E-state index in [9.17, 15) is 9.18 Å². The molecule has 0 unspecified atom stereocenters. The molecule has 0 aromatic heterocycles. The summed E-state index contributed by atoms with van der Waals surface area (Å²) in [7, 11) is 0. The highest BCUT2D eigenvalue weighted by molar-refractivity contribution is 5.92. The molecule has 2 N–H and O–H groups in total. The topological polar surface area (TPSA) is 41.1 Å². The lowest BCUT2D eigenvalue weighted by atomic mass is 10.1. The highest BCUT2D eigenvalue weighted by Crippen LogP contribution is 2.15. The van der Waals surface area contributed by atoms with E-state index in [1.807, 2.05) is 24.3 Å². The number of anilines is 2. The van der Waals surface area contributed by atoms with Crippen molar-refractivity contribution in [2.45, 2.75) is 32.6 Å². The Balaban J connectivity index is 1.83. The van der Waals surface area contributed by atoms with Crippen LogP contribution in [0.1, 0.15) is 31.7 Å². The minimum Gasteiger partial charge on any atom is -0.385 e. The standard InChI is InChI=1S/C19H23FN2O/c1-2-3-6-13-21-16-9-11-17(12-10-16)22-19(23)14-15-7-4-5-8-18(15)20/h4-5,7-12,21H,2-3,6,13-14H2,1H3,(H,22,23). The first-order valence-electron chi connectivity index (χ1n) is 8.06. The van der Waals surface area contributed by atoms with Gasteiger partial charge in [-0.3, -0.25) is 4.79 Å². The molecule has 0 atom stereocenters. The molecule has 2 aromatic rings. The predicted molar refractivity (Wildman–Crippen MR) is 93.2 cm³/mol. The first kappa shape index (κ1) is 17.0. The molecule has 2 rings (SSSR count). The molecule has 0 saturated heterocycles. The third-order valence-corrected chi connectivity index (χ3v) is 3.59. The van der Waals surface area contributed by atoms with E-state index in [4.69, 9.17) is 0 Å². The van der Waals surface area contributed by atoms with Crippen LogP contribution in [0.5, 0.6) is 0 Å². The lowest BCUT2D eigenvalue weighted by Gasteiger charge is -2.09. The van der Waals surface area contributed by atoms with Crippen molar-refractivity contribution in [2.24, 2.45) is 0 Å². The maximum Gasteiger partial charge on any atom is 0.228 e. The number of amides is 1. The Kier molecular flexibility index (Phi) is 6.60. The second-order valence-electron chi connectivity index (χ2n) is 5.53. The molecule has 0 aliphatic heterocycles. The van der Waals surface area contributed by atoms with Gasteiger partial charge in [0.15, 0.2) is 0 Å². The monoisotopic (exact) mass is 314 g/mol. The van der Waals surface area contributed by atoms with Crippen LogP contribution in [-0.2, 0) is 11.2 Å². The number of unbranched alkanes of at least 4 members (excludes halogenated alkanes) is 2. The zero-order valence-electron chi connectivity index (χ0n) is 13.4. The summed E-state index contributed by atoms with van der Waals surface area (Å²) in [5.41, 5.74) is 2.15. The summed E-state index contributed by atoms with van der Waals surface area (Å²) in [6, 6.07) is 13.9. The van der Waals surface area contributed by atoms with Gasteiger partial charge in [0.1, 0.15) is 5.82 Å². The quantitative estimate of drug-likeness (QED) is 0.699. The zero-order valence-corrected chi connectivity index (χ0v) is 13.4. The Morgan fingerprint density at radius 2 is 1.70 bits per heavy atom. The number of nitrogens with one attached hydrogen (secondary N) is 2. The van der Waals surface area contributed by atoms with Gasteiger partial charge in [0.2, 0.25) is 5.91 Å². The molecule has 0 aliphatic rings. The first-order chi connectivity index (χ1) is 11.2. The smallest absolute Gasteiger partial charge is 0.228 e. The number of benzene rings is 2. The van der Waals surface area contributed by atoms with E-state index < -0.39 is 0 Å². The summed E-state index contributed by atoms with van der Waals surface area (Å²) in [6.07, 6.45) is 3.60. The maximum atomic E-state index is 13.5. The van der Waals surface area contributed by atoms with E-state index >= 15 is 0 Å². The number of hydrogen-bond donors (Lipinski definition) is 2. The van der Waals surface area contributed by atoms with Crippen molar-refractivity contribution in [3.05, 3.63) is 59.9 Å². The molecule has 0 fully saturated rings. The molecule has 0 radical (unpaired) electrons. The Morgan fingerprint density at radius 3 is 2.39 bits per heavy atom. The molecule has 2 aromatic carbocycles. The molecule has 0 aliphatic carbocycles. The summed E-state index contributed by atoms with van der Waals surface area (Å²) >= 11 is 0. The molecular formula is C19H23FN2O. The van der Waals surface area contributed by atoms with E-state index in [0.29, 0.717) is 11.3 Å². The van der Waals surface area contributed by atoms with Gasteiger partial charge in [0.05, 0.1) is 6.42 Å². The zero-order chi connectivity index (χ0) is 16.5. The molecule has 0 saturated carbocycles. The van der Waals surface area contributed by atoms with E-state index in [1.54, 1.807) is 18.2 Å². The number of rotatable bonds is 8. The lowest BCUT2D eigenvalue weighted by molar-refractivity contribution is -0.115. The normalized spacial score (nSPS) is 10.3. The van der Waals surface area contributed by atoms with Crippen molar-refractivity contribution in [3.63, 3.8) is 0 Å². The van der Waals surface area contributed by atoms with Gasteiger partial charge in [0, 0.05) is 17.9 Å². The fourth-order valence-electron chi connectivity index (χ4n) is 2.30. The largest absolute Gasteiger partial charge is 0.385 e. The fourth-order valence-corrected chi connectivity index (χ4v) is 2.30. The van der Waals surface area contributed by atoms with Crippen molar-refractivity contribution in [2.75, 3.05) is 17.2 Å². The first-order valence-corrected chi connectivity index (χ1v) is 8.06. The second-order valence-corrected chi connectivity index (χ2v) is 5.53. The van der Waals surface area contributed by atoms with E-state index in [1.165, 1.54) is 18.9 Å². The minimum atomic E-state index is -0.353. The van der Waals surface area contributed by atoms with Crippen LogP contribution in [0.15, 0.2) is 48.5 Å². The molecule has 0 heterocycles. The summed E-state index contributed by atoms with van der Waals surface area (Å²) in [6.45, 7) is 3.13. The van der Waals surface area contributed by atoms with E-state index in [-0.39, 0.29) is 18.1 Å². The third kappa shape index (κ3) is 5.74. The molecule has 1 amide bonds. The van der Waals surface area contributed by atoms with E-state index in [0.717, 1.165) is 18.7 Å². The Labute approximate surface area is 136 Å². The summed E-state index contributed by atoms with van der Waals surface area (Å²) in [5.74, 6) is -0.576. The van der Waals surface area contributed by atoms with Crippen LogP contribution in [0.4, 0.5) is 15.8 Å². The summed E-state index contributed by atoms with van der Waals surface area (Å²) in [5, 5.41) is 6.13. The Bertz CT molecular complexity index is 626. The van der Waals surface area contributed by atoms with Gasteiger partial charge in [-0.25, -0.2) is 4.39 Å². The van der Waals surface area contributed by atoms with Crippen LogP contribution in [0.25, 0.3) is 0 Å². The fraction of sp³-hybridized carbons (Fsp3) is 0.316. The van der Waals surface area contributed by atoms with Crippen molar-refractivity contribution >= 4 is 17.3 Å². The van der Waals surface area contributed by atoms with Crippen LogP contribution in [-0.4, -0.2) is 12.5 Å². The molecule has 4 heteroatoms. The Morgan fingerprint density at radius 1 is 1.00 bits per heavy atom. The lowest BCUT2D eigenvalue weighted by Crippen LogP contribution is -2.15. The molecular weight excluding hydrogens is 291 g/mol. The average molecular weight is 314 g/mol. The number of carbonyl (C=O) groups excluding carboxylic acids is 1. The number of hydrogen-bond acceptors (Lipinski definition) is 2. The predicted octanol–water partition coefficient (Wildman–Crippen LogP) is 4.61. The van der Waals surface area contributed by atoms with Gasteiger partial charge in [-0.2, -0.15) is 0 Å². The SMILES string of the molecule is CCCCCNc1ccc(NC(=O)Cc2ccccc2F)cc1. The van der Waals surface area contributed by atoms with Gasteiger partial charge in [-0.1, -0.05) is 38.0 Å². The van der Waals surface area contributed by atoms with Crippen molar-refractivity contribution in [3.8, 4) is 0 Å². The highest BCUT2D eigenvalue weighted by Gasteiger charge is 2.07. The van der Waals surface area contributed by atoms with Crippen molar-refractivity contribution in [1.29, 1.82) is 0 Å². The van der Waals surface area contributed by atoms with Crippen LogP contribution in [0.3, 0.4) is 0 Å². The highest BCUT2D eigenvalue weighted by atomic mass is 19.1. The molecule has 23 heavy (non-hydrogen) atoms. The molecule has 0 spiro atoms. The maximum absolute atomic E-state index is 13.5. The van der Waals surface area contributed by atoms with Crippen molar-refractivity contribution in [1.82, 2.24) is 0 Å². The number of carbonyl (C=O) groups is 1. The minimum absolute atomic E-state index is 0.0314. The van der Waals surface area contributed by atoms with E-state index in [2.05, 4.69) is 17.6 Å². The third-order valence-electron chi connectivity index (χ3n) is 3.59. The molecule has 3 nitrogen and oxygen atoms in total. The molecule has 0 bridgehead atoms. The van der Waals surface area contributed by atoms with Crippen LogP contribution in [0.2, 0.25) is 0 Å². The van der Waals surface area contributed by atoms with Crippen LogP contribution in [0, 0.1) is 5.82 Å². The van der Waals surface area contributed by atoms with Gasteiger partial charge in [-0.05, 0) is 42.3 Å². The van der Waals surface area contributed by atoms with Gasteiger partial charge in [0.25, 0.3) is 0 Å². The average Bonchev–Trinajstić information content (AvgIpc) is 2.55. The number of halogens is 1. The molecule has 122 valence electrons. The van der Waals surface area contributed by atoms with Crippen molar-refractivity contribution < 1.29 is 9.18 Å². The van der Waals surface area contributed by atoms with Crippen LogP contribution < -0.4 is 10.6 Å². The van der Waals surface area contributed by atoms with Gasteiger partial charge >= 0.3 is 0 Å². The van der Waals surface area contributed by atoms with Crippen LogP contribution >= 0.6 is 0 Å². The summed E-state index contributed by atoms with van der Waals surface area (Å²) in [4.78, 5) is 12.0. The summed E-state index contributed by atoms with van der Waals surface area (Å²) < 4.78 is 13.5. The van der Waals surface area contributed by atoms with Gasteiger partial charge in [-0.15, -0.1) is 0 Å². The Hall–Kier alpha value is -2.36. The van der Waals surface area contributed by atoms with Gasteiger partial charge < -0.3 is 10.6 Å².